The Morgan fingerprint density at radius 3 is 2.44 bits per heavy atom. The summed E-state index contributed by atoms with van der Waals surface area (Å²) in [5.41, 5.74) is 2.23. The van der Waals surface area contributed by atoms with E-state index in [0.717, 1.165) is 15.9 Å². The first-order valence-electron chi connectivity index (χ1n) is 10.6. The maximum absolute atomic E-state index is 12.9. The summed E-state index contributed by atoms with van der Waals surface area (Å²) < 4.78 is 6.93. The van der Waals surface area contributed by atoms with Crippen LogP contribution in [-0.2, 0) is 11.3 Å². The van der Waals surface area contributed by atoms with E-state index in [1.54, 1.807) is 28.8 Å². The molecule has 1 N–H and O–H groups in total. The highest BCUT2D eigenvalue weighted by molar-refractivity contribution is 6.35. The quantitative estimate of drug-likeness (QED) is 0.258. The van der Waals surface area contributed by atoms with Crippen LogP contribution in [0.15, 0.2) is 71.5 Å². The number of esters is 1. The molecular weight excluding hydrogens is 458 g/mol. The summed E-state index contributed by atoms with van der Waals surface area (Å²) in [6.07, 6.45) is 0.431. The second kappa shape index (κ2) is 8.64. The number of para-hydroxylation sites is 2. The number of nitrogens with one attached hydrogen (secondary N) is 1. The Balaban J connectivity index is 1.25. The zero-order chi connectivity index (χ0) is 23.8. The number of imide groups is 1. The minimum Gasteiger partial charge on any atom is -0.462 e. The molecule has 0 saturated carbocycles. The van der Waals surface area contributed by atoms with E-state index < -0.39 is 17.8 Å². The lowest BCUT2D eigenvalue weighted by Crippen LogP contribution is -2.29. The predicted molar refractivity (Wildman–Crippen MR) is 126 cm³/mol. The minimum atomic E-state index is -0.612. The zero-order valence-corrected chi connectivity index (χ0v) is 18.5. The second-order valence-corrected chi connectivity index (χ2v) is 8.21. The van der Waals surface area contributed by atoms with Gasteiger partial charge < -0.3 is 9.72 Å². The van der Waals surface area contributed by atoms with E-state index in [4.69, 9.17) is 16.3 Å². The highest BCUT2D eigenvalue weighted by Gasteiger charge is 2.37. The Morgan fingerprint density at radius 1 is 0.912 bits per heavy atom. The van der Waals surface area contributed by atoms with Crippen molar-refractivity contribution >= 4 is 46.1 Å². The zero-order valence-electron chi connectivity index (χ0n) is 17.8. The first kappa shape index (κ1) is 21.7. The molecule has 0 radical (unpaired) electrons. The molecule has 1 aliphatic heterocycles. The van der Waals surface area contributed by atoms with Gasteiger partial charge in [-0.2, -0.15) is 0 Å². The Bertz CT molecular complexity index is 1500. The van der Waals surface area contributed by atoms with Crippen LogP contribution in [0, 0.1) is 0 Å². The number of ether oxygens (including phenoxy) is 1. The van der Waals surface area contributed by atoms with Crippen LogP contribution >= 0.6 is 11.6 Å². The summed E-state index contributed by atoms with van der Waals surface area (Å²) >= 11 is 5.89. The highest BCUT2D eigenvalue weighted by atomic mass is 35.5. The molecule has 4 aromatic rings. The van der Waals surface area contributed by atoms with Gasteiger partial charge >= 0.3 is 11.7 Å². The number of aromatic nitrogens is 2. The van der Waals surface area contributed by atoms with Gasteiger partial charge in [-0.3, -0.25) is 14.2 Å². The van der Waals surface area contributed by atoms with Gasteiger partial charge in [0.05, 0.1) is 40.0 Å². The smallest absolute Gasteiger partial charge is 0.338 e. The number of halogens is 1. The van der Waals surface area contributed by atoms with Crippen molar-refractivity contribution in [2.45, 2.75) is 13.0 Å². The molecule has 9 heteroatoms. The lowest BCUT2D eigenvalue weighted by molar-refractivity contribution is 0.0496. The van der Waals surface area contributed by atoms with Crippen LogP contribution in [0.25, 0.3) is 11.0 Å². The predicted octanol–water partition coefficient (Wildman–Crippen LogP) is 4.03. The van der Waals surface area contributed by atoms with Crippen molar-refractivity contribution in [1.82, 2.24) is 9.55 Å². The number of anilines is 1. The van der Waals surface area contributed by atoms with Gasteiger partial charge in [-0.15, -0.1) is 0 Å². The lowest BCUT2D eigenvalue weighted by Gasteiger charge is -2.13. The molecule has 1 aromatic heterocycles. The summed E-state index contributed by atoms with van der Waals surface area (Å²) in [5, 5.41) is 0.486. The first-order valence-corrected chi connectivity index (χ1v) is 10.9. The van der Waals surface area contributed by atoms with Gasteiger partial charge in [0, 0.05) is 11.6 Å². The standard InChI is InChI=1S/C25H18ClN3O5/c26-16-7-9-17(10-8-16)29-22(30)18-11-6-15(14-19(18)23(29)31)24(32)34-13-3-12-28-21-5-2-1-4-20(21)27-25(28)33/h1-2,4-11,14H,3,12-13H2,(H,27,33). The fourth-order valence-corrected chi connectivity index (χ4v) is 4.12. The van der Waals surface area contributed by atoms with Crippen molar-refractivity contribution in [1.29, 1.82) is 0 Å². The third kappa shape index (κ3) is 3.78. The number of aromatic amines is 1. The number of carbonyl (C=O) groups is 3. The maximum Gasteiger partial charge on any atom is 0.338 e. The fraction of sp³-hybridized carbons (Fsp3) is 0.120. The molecule has 3 aromatic carbocycles. The Kier molecular flexibility index (Phi) is 5.51. The molecule has 0 spiro atoms. The molecule has 170 valence electrons. The molecule has 0 atom stereocenters. The average molecular weight is 476 g/mol. The van der Waals surface area contributed by atoms with E-state index in [1.807, 2.05) is 24.3 Å². The van der Waals surface area contributed by atoms with E-state index in [0.29, 0.717) is 23.7 Å². The van der Waals surface area contributed by atoms with Gasteiger partial charge in [0.25, 0.3) is 11.8 Å². The summed E-state index contributed by atoms with van der Waals surface area (Å²) in [6.45, 7) is 0.467. The number of rotatable bonds is 6. The van der Waals surface area contributed by atoms with Crippen molar-refractivity contribution in [3.63, 3.8) is 0 Å². The van der Waals surface area contributed by atoms with Crippen LogP contribution in [0.2, 0.25) is 5.02 Å². The summed E-state index contributed by atoms with van der Waals surface area (Å²) in [7, 11) is 0. The van der Waals surface area contributed by atoms with E-state index in [2.05, 4.69) is 4.98 Å². The highest BCUT2D eigenvalue weighted by Crippen LogP contribution is 2.30. The van der Waals surface area contributed by atoms with Crippen molar-refractivity contribution in [2.75, 3.05) is 11.5 Å². The molecule has 8 nitrogen and oxygen atoms in total. The SMILES string of the molecule is O=C(OCCCn1c(=O)[nH]c2ccccc21)c1ccc2c(c1)C(=O)N(c1ccc(Cl)cc1)C2=O. The van der Waals surface area contributed by atoms with Gasteiger partial charge in [-0.25, -0.2) is 14.5 Å². The number of carbonyl (C=O) groups excluding carboxylic acids is 3. The summed E-state index contributed by atoms with van der Waals surface area (Å²) in [5.74, 6) is -1.60. The number of imidazole rings is 1. The Labute approximate surface area is 198 Å². The van der Waals surface area contributed by atoms with Crippen molar-refractivity contribution in [3.8, 4) is 0 Å². The Hall–Kier alpha value is -4.17. The second-order valence-electron chi connectivity index (χ2n) is 7.77. The summed E-state index contributed by atoms with van der Waals surface area (Å²) in [4.78, 5) is 54.1. The average Bonchev–Trinajstić information content (AvgIpc) is 3.29. The molecule has 1 aliphatic rings. The summed E-state index contributed by atoms with van der Waals surface area (Å²) in [6, 6.07) is 18.0. The van der Waals surface area contributed by atoms with Crippen LogP contribution in [0.1, 0.15) is 37.5 Å². The number of hydrogen-bond acceptors (Lipinski definition) is 5. The molecule has 0 saturated heterocycles. The van der Waals surface area contributed by atoms with Crippen LogP contribution in [0.5, 0.6) is 0 Å². The first-order chi connectivity index (χ1) is 16.4. The van der Waals surface area contributed by atoms with Crippen LogP contribution in [-0.4, -0.2) is 33.9 Å². The number of fused-ring (bicyclic) bond motifs is 2. The van der Waals surface area contributed by atoms with Crippen molar-refractivity contribution in [3.05, 3.63) is 98.9 Å². The fourth-order valence-electron chi connectivity index (χ4n) is 3.99. The van der Waals surface area contributed by atoms with Gasteiger partial charge in [-0.05, 0) is 61.0 Å². The molecular formula is C25H18ClN3O5. The van der Waals surface area contributed by atoms with E-state index in [9.17, 15) is 19.2 Å². The number of amides is 2. The van der Waals surface area contributed by atoms with Crippen LogP contribution in [0.3, 0.4) is 0 Å². The molecule has 2 amide bonds. The maximum atomic E-state index is 12.9. The molecule has 0 aliphatic carbocycles. The normalized spacial score (nSPS) is 12.9. The van der Waals surface area contributed by atoms with Crippen molar-refractivity contribution in [2.24, 2.45) is 0 Å². The van der Waals surface area contributed by atoms with Gasteiger partial charge in [0.15, 0.2) is 0 Å². The van der Waals surface area contributed by atoms with Gasteiger partial charge in [-0.1, -0.05) is 23.7 Å². The molecule has 5 rings (SSSR count). The molecule has 0 bridgehead atoms. The van der Waals surface area contributed by atoms with E-state index >= 15 is 0 Å². The van der Waals surface area contributed by atoms with Crippen molar-refractivity contribution < 1.29 is 19.1 Å². The monoisotopic (exact) mass is 475 g/mol. The number of aryl methyl sites for hydroxylation is 1. The third-order valence-corrected chi connectivity index (χ3v) is 5.90. The van der Waals surface area contributed by atoms with Gasteiger partial charge in [0.2, 0.25) is 0 Å². The Morgan fingerprint density at radius 2 is 1.65 bits per heavy atom. The lowest BCUT2D eigenvalue weighted by atomic mass is 10.1. The van der Waals surface area contributed by atoms with Crippen LogP contribution in [0.4, 0.5) is 5.69 Å². The molecule has 0 unspecified atom stereocenters. The van der Waals surface area contributed by atoms with E-state index in [1.165, 1.54) is 18.2 Å². The van der Waals surface area contributed by atoms with Crippen LogP contribution < -0.4 is 10.6 Å². The third-order valence-electron chi connectivity index (χ3n) is 5.65. The number of hydrogen-bond donors (Lipinski definition) is 1. The van der Waals surface area contributed by atoms with E-state index in [-0.39, 0.29) is 29.0 Å². The topological polar surface area (TPSA) is 101 Å². The largest absolute Gasteiger partial charge is 0.462 e. The molecule has 0 fully saturated rings. The van der Waals surface area contributed by atoms with Gasteiger partial charge in [0.1, 0.15) is 0 Å². The number of nitrogens with zero attached hydrogens (tertiary/aromatic N) is 2. The minimum absolute atomic E-state index is 0.0889. The molecule has 2 heterocycles. The molecule has 34 heavy (non-hydrogen) atoms. The number of H-pyrrole nitrogens is 1. The number of benzene rings is 3.